The van der Waals surface area contributed by atoms with Crippen molar-refractivity contribution in [1.82, 2.24) is 4.90 Å². The molecule has 0 aliphatic carbocycles. The van der Waals surface area contributed by atoms with Gasteiger partial charge in [0.05, 0.1) is 6.54 Å². The largest absolute Gasteiger partial charge is 0.331 e. The number of hydrogen-bond donors (Lipinski definition) is 1. The molecular weight excluding hydrogens is 176 g/mol. The van der Waals surface area contributed by atoms with Crippen LogP contribution in [0.1, 0.15) is 26.7 Å². The van der Waals surface area contributed by atoms with Crippen LogP contribution in [0.3, 0.4) is 0 Å². The van der Waals surface area contributed by atoms with Crippen LogP contribution >= 0.6 is 0 Å². The minimum atomic E-state index is -0.0140. The number of carbonyl (C=O) groups excluding carboxylic acids is 1. The van der Waals surface area contributed by atoms with E-state index in [9.17, 15) is 4.79 Å². The van der Waals surface area contributed by atoms with Gasteiger partial charge < -0.3 is 10.6 Å². The first kappa shape index (κ1) is 13.0. The molecule has 0 rings (SSSR count). The standard InChI is InChI=1S/C11H20N2O/c1-4-8-13(9-5-2)11(14)10(3)6-7-12/h1,10H,5-9,12H2,2-3H3. The van der Waals surface area contributed by atoms with Gasteiger partial charge >= 0.3 is 0 Å². The van der Waals surface area contributed by atoms with Crippen molar-refractivity contribution >= 4 is 5.91 Å². The fraction of sp³-hybridized carbons (Fsp3) is 0.727. The van der Waals surface area contributed by atoms with Crippen LogP contribution in [-0.2, 0) is 4.79 Å². The Morgan fingerprint density at radius 1 is 1.64 bits per heavy atom. The lowest BCUT2D eigenvalue weighted by Crippen LogP contribution is -2.36. The first-order chi connectivity index (χ1) is 6.67. The zero-order valence-corrected chi connectivity index (χ0v) is 9.12. The van der Waals surface area contributed by atoms with Crippen molar-refractivity contribution in [3.05, 3.63) is 0 Å². The Kier molecular flexibility index (Phi) is 6.87. The summed E-state index contributed by atoms with van der Waals surface area (Å²) in [7, 11) is 0. The lowest BCUT2D eigenvalue weighted by Gasteiger charge is -2.23. The molecule has 0 heterocycles. The number of carbonyl (C=O) groups is 1. The third kappa shape index (κ3) is 4.29. The van der Waals surface area contributed by atoms with Gasteiger partial charge in [-0.1, -0.05) is 19.8 Å². The Bertz CT molecular complexity index is 208. The summed E-state index contributed by atoms with van der Waals surface area (Å²) in [5, 5.41) is 0. The van der Waals surface area contributed by atoms with Crippen LogP contribution < -0.4 is 5.73 Å². The molecule has 0 saturated heterocycles. The Labute approximate surface area is 86.6 Å². The van der Waals surface area contributed by atoms with Crippen LogP contribution in [-0.4, -0.2) is 30.4 Å². The fourth-order valence-corrected chi connectivity index (χ4v) is 1.33. The Morgan fingerprint density at radius 3 is 2.71 bits per heavy atom. The first-order valence-corrected chi connectivity index (χ1v) is 5.09. The summed E-state index contributed by atoms with van der Waals surface area (Å²) in [6.45, 7) is 5.61. The van der Waals surface area contributed by atoms with Gasteiger partial charge in [0.2, 0.25) is 5.91 Å². The van der Waals surface area contributed by atoms with E-state index in [-0.39, 0.29) is 11.8 Å². The van der Waals surface area contributed by atoms with Crippen molar-refractivity contribution in [2.24, 2.45) is 11.7 Å². The zero-order chi connectivity index (χ0) is 11.0. The van der Waals surface area contributed by atoms with Gasteiger partial charge in [0, 0.05) is 12.5 Å². The second-order valence-electron chi connectivity index (χ2n) is 3.44. The molecule has 0 aromatic rings. The predicted octanol–water partition coefficient (Wildman–Crippen LogP) is 0.843. The molecule has 0 radical (unpaired) electrons. The second-order valence-corrected chi connectivity index (χ2v) is 3.44. The maximum atomic E-state index is 11.8. The number of amides is 1. The van der Waals surface area contributed by atoms with Crippen LogP contribution in [0.5, 0.6) is 0 Å². The lowest BCUT2D eigenvalue weighted by molar-refractivity contribution is -0.134. The number of hydrogen-bond acceptors (Lipinski definition) is 2. The van der Waals surface area contributed by atoms with Gasteiger partial charge in [0.1, 0.15) is 0 Å². The average molecular weight is 196 g/mol. The molecular formula is C11H20N2O. The molecule has 2 N–H and O–H groups in total. The summed E-state index contributed by atoms with van der Waals surface area (Å²) in [5.74, 6) is 2.61. The summed E-state index contributed by atoms with van der Waals surface area (Å²) in [6.07, 6.45) is 6.86. The highest BCUT2D eigenvalue weighted by molar-refractivity contribution is 5.78. The topological polar surface area (TPSA) is 46.3 Å². The van der Waals surface area contributed by atoms with Crippen molar-refractivity contribution in [3.63, 3.8) is 0 Å². The van der Waals surface area contributed by atoms with E-state index in [0.29, 0.717) is 13.1 Å². The molecule has 0 aliphatic rings. The van der Waals surface area contributed by atoms with Crippen LogP contribution in [0.25, 0.3) is 0 Å². The maximum Gasteiger partial charge on any atom is 0.226 e. The van der Waals surface area contributed by atoms with E-state index in [1.165, 1.54) is 0 Å². The fourth-order valence-electron chi connectivity index (χ4n) is 1.33. The molecule has 80 valence electrons. The third-order valence-corrected chi connectivity index (χ3v) is 2.11. The number of nitrogens with zero attached hydrogens (tertiary/aromatic N) is 1. The maximum absolute atomic E-state index is 11.8. The number of rotatable bonds is 6. The van der Waals surface area contributed by atoms with Gasteiger partial charge in [-0.05, 0) is 19.4 Å². The van der Waals surface area contributed by atoms with Gasteiger partial charge in [-0.15, -0.1) is 6.42 Å². The highest BCUT2D eigenvalue weighted by atomic mass is 16.2. The first-order valence-electron chi connectivity index (χ1n) is 5.09. The van der Waals surface area contributed by atoms with Crippen LogP contribution in [0, 0.1) is 18.3 Å². The highest BCUT2D eigenvalue weighted by Gasteiger charge is 2.17. The Balaban J connectivity index is 4.20. The van der Waals surface area contributed by atoms with E-state index in [1.54, 1.807) is 4.90 Å². The summed E-state index contributed by atoms with van der Waals surface area (Å²) < 4.78 is 0. The lowest BCUT2D eigenvalue weighted by atomic mass is 10.1. The summed E-state index contributed by atoms with van der Waals surface area (Å²) in [6, 6.07) is 0. The van der Waals surface area contributed by atoms with E-state index in [0.717, 1.165) is 19.4 Å². The van der Waals surface area contributed by atoms with Crippen LogP contribution in [0.2, 0.25) is 0 Å². The number of terminal acetylenes is 1. The molecule has 14 heavy (non-hydrogen) atoms. The minimum Gasteiger partial charge on any atom is -0.331 e. The highest BCUT2D eigenvalue weighted by Crippen LogP contribution is 2.06. The van der Waals surface area contributed by atoms with E-state index in [1.807, 2.05) is 13.8 Å². The molecule has 0 aromatic heterocycles. The third-order valence-electron chi connectivity index (χ3n) is 2.11. The van der Waals surface area contributed by atoms with Gasteiger partial charge in [0.15, 0.2) is 0 Å². The molecule has 0 spiro atoms. The number of nitrogens with two attached hydrogens (primary N) is 1. The molecule has 0 aromatic carbocycles. The van der Waals surface area contributed by atoms with Gasteiger partial charge in [-0.25, -0.2) is 0 Å². The molecule has 3 nitrogen and oxygen atoms in total. The second kappa shape index (κ2) is 7.40. The van der Waals surface area contributed by atoms with E-state index >= 15 is 0 Å². The monoisotopic (exact) mass is 196 g/mol. The predicted molar refractivity (Wildman–Crippen MR) is 58.5 cm³/mol. The summed E-state index contributed by atoms with van der Waals surface area (Å²) in [4.78, 5) is 13.5. The molecule has 0 saturated carbocycles. The molecule has 1 atom stereocenters. The summed E-state index contributed by atoms with van der Waals surface area (Å²) >= 11 is 0. The van der Waals surface area contributed by atoms with E-state index in [2.05, 4.69) is 5.92 Å². The van der Waals surface area contributed by atoms with Crippen LogP contribution in [0.4, 0.5) is 0 Å². The zero-order valence-electron chi connectivity index (χ0n) is 9.12. The Hall–Kier alpha value is -1.01. The van der Waals surface area contributed by atoms with Crippen molar-refractivity contribution in [1.29, 1.82) is 0 Å². The SMILES string of the molecule is C#CCN(CCC)C(=O)C(C)CCN. The summed E-state index contributed by atoms with van der Waals surface area (Å²) in [5.41, 5.74) is 5.40. The molecule has 0 aliphatic heterocycles. The molecule has 3 heteroatoms. The van der Waals surface area contributed by atoms with Crippen molar-refractivity contribution in [3.8, 4) is 12.3 Å². The van der Waals surface area contributed by atoms with Gasteiger partial charge in [-0.3, -0.25) is 4.79 Å². The van der Waals surface area contributed by atoms with Crippen LogP contribution in [0.15, 0.2) is 0 Å². The normalized spacial score (nSPS) is 11.9. The van der Waals surface area contributed by atoms with Crippen molar-refractivity contribution < 1.29 is 4.79 Å². The van der Waals surface area contributed by atoms with E-state index in [4.69, 9.17) is 12.2 Å². The molecule has 0 fully saturated rings. The average Bonchev–Trinajstić information content (AvgIpc) is 2.17. The van der Waals surface area contributed by atoms with Crippen molar-refractivity contribution in [2.75, 3.05) is 19.6 Å². The van der Waals surface area contributed by atoms with Gasteiger partial charge in [0.25, 0.3) is 0 Å². The smallest absolute Gasteiger partial charge is 0.226 e. The van der Waals surface area contributed by atoms with Gasteiger partial charge in [-0.2, -0.15) is 0 Å². The minimum absolute atomic E-state index is 0.0140. The molecule has 1 unspecified atom stereocenters. The van der Waals surface area contributed by atoms with Crippen molar-refractivity contribution in [2.45, 2.75) is 26.7 Å². The van der Waals surface area contributed by atoms with E-state index < -0.39 is 0 Å². The molecule has 1 amide bonds. The molecule has 0 bridgehead atoms. The quantitative estimate of drug-likeness (QED) is 0.640. The Morgan fingerprint density at radius 2 is 2.29 bits per heavy atom.